The zero-order valence-corrected chi connectivity index (χ0v) is 17.7. The van der Waals surface area contributed by atoms with E-state index in [0.29, 0.717) is 29.4 Å². The standard InChI is InChI=1S/C26H24N4O2/c31-25-22-8-2-1-7-21(22)23(18-29(25)17-19-10-13-27-14-11-19)26(32)30-15-4-3-9-24(30)20-6-5-12-28-16-20/h1-2,5-8,10-14,16,18,24H,3-4,9,15,17H2/t24-/m0/s1. The summed E-state index contributed by atoms with van der Waals surface area (Å²) in [5.74, 6) is -0.0433. The van der Waals surface area contributed by atoms with Gasteiger partial charge in [0.05, 0.1) is 18.2 Å². The fourth-order valence-electron chi connectivity index (χ4n) is 4.56. The molecule has 160 valence electrons. The average Bonchev–Trinajstić information content (AvgIpc) is 2.86. The number of benzene rings is 1. The highest BCUT2D eigenvalue weighted by Crippen LogP contribution is 2.32. The van der Waals surface area contributed by atoms with Gasteiger partial charge in [0.1, 0.15) is 0 Å². The van der Waals surface area contributed by atoms with Crippen molar-refractivity contribution in [3.63, 3.8) is 0 Å². The Balaban J connectivity index is 1.60. The van der Waals surface area contributed by atoms with Crippen LogP contribution in [-0.2, 0) is 6.54 Å². The fourth-order valence-corrected chi connectivity index (χ4v) is 4.56. The first kappa shape index (κ1) is 20.1. The number of fused-ring (bicyclic) bond motifs is 1. The number of carbonyl (C=O) groups excluding carboxylic acids is 1. The lowest BCUT2D eigenvalue weighted by atomic mass is 9.95. The molecule has 1 aliphatic rings. The van der Waals surface area contributed by atoms with Gasteiger partial charge in [0.15, 0.2) is 0 Å². The van der Waals surface area contributed by atoms with E-state index in [0.717, 1.165) is 30.4 Å². The number of likely N-dealkylation sites (tertiary alicyclic amines) is 1. The number of amides is 1. The molecule has 32 heavy (non-hydrogen) atoms. The number of hydrogen-bond donors (Lipinski definition) is 0. The van der Waals surface area contributed by atoms with Gasteiger partial charge in [-0.1, -0.05) is 24.3 Å². The van der Waals surface area contributed by atoms with E-state index in [9.17, 15) is 9.59 Å². The zero-order valence-electron chi connectivity index (χ0n) is 17.7. The molecule has 1 fully saturated rings. The van der Waals surface area contributed by atoms with Crippen molar-refractivity contribution in [1.82, 2.24) is 19.4 Å². The molecule has 0 unspecified atom stereocenters. The molecule has 1 aliphatic heterocycles. The van der Waals surface area contributed by atoms with Crippen LogP contribution in [0.1, 0.15) is 46.8 Å². The molecule has 6 nitrogen and oxygen atoms in total. The summed E-state index contributed by atoms with van der Waals surface area (Å²) >= 11 is 0. The van der Waals surface area contributed by atoms with Crippen molar-refractivity contribution in [2.45, 2.75) is 31.8 Å². The van der Waals surface area contributed by atoms with Crippen LogP contribution in [0.2, 0.25) is 0 Å². The second kappa shape index (κ2) is 8.75. The molecule has 0 radical (unpaired) electrons. The highest BCUT2D eigenvalue weighted by molar-refractivity contribution is 6.06. The minimum atomic E-state index is -0.101. The third-order valence-corrected chi connectivity index (χ3v) is 6.16. The van der Waals surface area contributed by atoms with E-state index in [1.165, 1.54) is 0 Å². The fraction of sp³-hybridized carbons (Fsp3) is 0.231. The Bertz CT molecular complexity index is 1300. The van der Waals surface area contributed by atoms with Gasteiger partial charge in [0.25, 0.3) is 11.5 Å². The Morgan fingerprint density at radius 3 is 2.53 bits per heavy atom. The Labute approximate surface area is 186 Å². The Morgan fingerprint density at radius 1 is 0.938 bits per heavy atom. The summed E-state index contributed by atoms with van der Waals surface area (Å²) in [5.41, 5.74) is 2.47. The number of nitrogens with zero attached hydrogens (tertiary/aromatic N) is 4. The van der Waals surface area contributed by atoms with Crippen LogP contribution in [0.25, 0.3) is 10.8 Å². The molecule has 1 amide bonds. The number of carbonyl (C=O) groups is 1. The zero-order chi connectivity index (χ0) is 21.9. The second-order valence-electron chi connectivity index (χ2n) is 8.17. The van der Waals surface area contributed by atoms with Crippen molar-refractivity contribution < 1.29 is 4.79 Å². The molecule has 4 aromatic rings. The van der Waals surface area contributed by atoms with Gasteiger partial charge in [0.2, 0.25) is 0 Å². The molecular weight excluding hydrogens is 400 g/mol. The van der Waals surface area contributed by atoms with Gasteiger partial charge < -0.3 is 9.47 Å². The van der Waals surface area contributed by atoms with E-state index in [-0.39, 0.29) is 17.5 Å². The van der Waals surface area contributed by atoms with Gasteiger partial charge in [0, 0.05) is 48.3 Å². The summed E-state index contributed by atoms with van der Waals surface area (Å²) in [5, 5.41) is 1.26. The molecule has 1 aromatic carbocycles. The minimum Gasteiger partial charge on any atom is -0.331 e. The number of hydrogen-bond acceptors (Lipinski definition) is 4. The molecular formula is C26H24N4O2. The normalized spacial score (nSPS) is 16.2. The number of aromatic nitrogens is 3. The summed E-state index contributed by atoms with van der Waals surface area (Å²) in [6.45, 7) is 1.08. The molecule has 1 saturated heterocycles. The van der Waals surface area contributed by atoms with E-state index in [4.69, 9.17) is 0 Å². The predicted octanol–water partition coefficient (Wildman–Crippen LogP) is 4.21. The third kappa shape index (κ3) is 3.80. The smallest absolute Gasteiger partial charge is 0.258 e. The van der Waals surface area contributed by atoms with Gasteiger partial charge in [-0.15, -0.1) is 0 Å². The quantitative estimate of drug-likeness (QED) is 0.492. The minimum absolute atomic E-state index is 0.00992. The van der Waals surface area contributed by atoms with Crippen LogP contribution in [0.5, 0.6) is 0 Å². The molecule has 3 aromatic heterocycles. The molecule has 5 rings (SSSR count). The summed E-state index contributed by atoms with van der Waals surface area (Å²) in [6, 6.07) is 15.1. The SMILES string of the molecule is O=C(c1cn(Cc2ccncc2)c(=O)c2ccccc12)N1CCCC[C@H]1c1cccnc1. The first-order chi connectivity index (χ1) is 15.7. The molecule has 6 heteroatoms. The maximum absolute atomic E-state index is 13.9. The maximum Gasteiger partial charge on any atom is 0.258 e. The van der Waals surface area contributed by atoms with Gasteiger partial charge in [-0.05, 0) is 54.7 Å². The lowest BCUT2D eigenvalue weighted by molar-refractivity contribution is 0.0612. The van der Waals surface area contributed by atoms with Crippen LogP contribution in [0.3, 0.4) is 0 Å². The topological polar surface area (TPSA) is 68.1 Å². The van der Waals surface area contributed by atoms with E-state index in [1.54, 1.807) is 35.4 Å². The molecule has 4 heterocycles. The van der Waals surface area contributed by atoms with Gasteiger partial charge in [-0.2, -0.15) is 0 Å². The second-order valence-corrected chi connectivity index (χ2v) is 8.17. The number of rotatable bonds is 4. The summed E-state index contributed by atoms with van der Waals surface area (Å²) < 4.78 is 1.63. The van der Waals surface area contributed by atoms with Crippen molar-refractivity contribution in [3.8, 4) is 0 Å². The third-order valence-electron chi connectivity index (χ3n) is 6.16. The molecule has 1 atom stereocenters. The molecule has 0 N–H and O–H groups in total. The Kier molecular flexibility index (Phi) is 5.50. The highest BCUT2D eigenvalue weighted by Gasteiger charge is 2.30. The van der Waals surface area contributed by atoms with Crippen LogP contribution in [0, 0.1) is 0 Å². The van der Waals surface area contributed by atoms with Crippen molar-refractivity contribution >= 4 is 16.7 Å². The first-order valence-electron chi connectivity index (χ1n) is 10.9. The number of piperidine rings is 1. The molecule has 0 spiro atoms. The Hall–Kier alpha value is -3.80. The molecule has 0 aliphatic carbocycles. The van der Waals surface area contributed by atoms with Crippen molar-refractivity contribution in [3.05, 3.63) is 107 Å². The summed E-state index contributed by atoms with van der Waals surface area (Å²) in [6.07, 6.45) is 11.7. The van der Waals surface area contributed by atoms with Crippen LogP contribution < -0.4 is 5.56 Å². The van der Waals surface area contributed by atoms with E-state index in [1.807, 2.05) is 53.6 Å². The molecule has 0 bridgehead atoms. The van der Waals surface area contributed by atoms with E-state index < -0.39 is 0 Å². The van der Waals surface area contributed by atoms with E-state index in [2.05, 4.69) is 9.97 Å². The van der Waals surface area contributed by atoms with Crippen LogP contribution in [0.15, 0.2) is 84.3 Å². The van der Waals surface area contributed by atoms with Gasteiger partial charge >= 0.3 is 0 Å². The lowest BCUT2D eigenvalue weighted by Gasteiger charge is -2.36. The average molecular weight is 425 g/mol. The maximum atomic E-state index is 13.9. The first-order valence-corrected chi connectivity index (χ1v) is 10.9. The van der Waals surface area contributed by atoms with Crippen LogP contribution >= 0.6 is 0 Å². The van der Waals surface area contributed by atoms with Crippen molar-refractivity contribution in [2.75, 3.05) is 6.54 Å². The van der Waals surface area contributed by atoms with Crippen molar-refractivity contribution in [2.24, 2.45) is 0 Å². The predicted molar refractivity (Wildman–Crippen MR) is 123 cm³/mol. The van der Waals surface area contributed by atoms with Crippen LogP contribution in [0.4, 0.5) is 0 Å². The van der Waals surface area contributed by atoms with E-state index >= 15 is 0 Å². The van der Waals surface area contributed by atoms with Gasteiger partial charge in [-0.25, -0.2) is 0 Å². The van der Waals surface area contributed by atoms with Crippen LogP contribution in [-0.4, -0.2) is 31.9 Å². The Morgan fingerprint density at radius 2 is 1.75 bits per heavy atom. The molecule has 0 saturated carbocycles. The monoisotopic (exact) mass is 424 g/mol. The summed E-state index contributed by atoms with van der Waals surface area (Å²) in [7, 11) is 0. The lowest BCUT2D eigenvalue weighted by Crippen LogP contribution is -2.39. The van der Waals surface area contributed by atoms with Gasteiger partial charge in [-0.3, -0.25) is 19.6 Å². The largest absolute Gasteiger partial charge is 0.331 e. The number of pyridine rings is 3. The highest BCUT2D eigenvalue weighted by atomic mass is 16.2. The summed E-state index contributed by atoms with van der Waals surface area (Å²) in [4.78, 5) is 37.3. The van der Waals surface area contributed by atoms with Crippen molar-refractivity contribution in [1.29, 1.82) is 0 Å².